The number of nitro benzene ring substituents is 1. The van der Waals surface area contributed by atoms with Gasteiger partial charge in [0.15, 0.2) is 0 Å². The lowest BCUT2D eigenvalue weighted by atomic mass is 10.0. The Morgan fingerprint density at radius 1 is 1.03 bits per heavy atom. The lowest BCUT2D eigenvalue weighted by Gasteiger charge is -2.36. The minimum atomic E-state index is -1.10. The Balaban J connectivity index is 1.64. The minimum Gasteiger partial charge on any atom is -0.326 e. The Labute approximate surface area is 189 Å². The molecule has 1 heterocycles. The van der Waals surface area contributed by atoms with Crippen LogP contribution in [0.4, 0.5) is 22.7 Å². The molecule has 0 saturated carbocycles. The number of nitro groups is 1. The summed E-state index contributed by atoms with van der Waals surface area (Å²) in [6, 6.07) is 18.0. The fourth-order valence-corrected chi connectivity index (χ4v) is 3.61. The number of non-ortho nitro benzene ring substituents is 1. The second-order valence-electron chi connectivity index (χ2n) is 7.62. The quantitative estimate of drug-likeness (QED) is 0.457. The van der Waals surface area contributed by atoms with Gasteiger partial charge < -0.3 is 10.6 Å². The summed E-state index contributed by atoms with van der Waals surface area (Å²) in [7, 11) is 0. The van der Waals surface area contributed by atoms with E-state index >= 15 is 0 Å². The first-order chi connectivity index (χ1) is 15.8. The molecule has 1 aliphatic rings. The van der Waals surface area contributed by atoms with Crippen LogP contribution in [0, 0.1) is 17.0 Å². The Hall–Kier alpha value is -4.53. The maximum absolute atomic E-state index is 13.4. The van der Waals surface area contributed by atoms with Crippen molar-refractivity contribution in [3.05, 3.63) is 94.0 Å². The van der Waals surface area contributed by atoms with E-state index in [1.807, 2.05) is 19.1 Å². The highest BCUT2D eigenvalue weighted by Gasteiger charge is 2.38. The summed E-state index contributed by atoms with van der Waals surface area (Å²) in [4.78, 5) is 50.7. The molecular formula is C24H20N4O5. The van der Waals surface area contributed by atoms with Crippen LogP contribution in [0.3, 0.4) is 0 Å². The molecule has 1 aliphatic heterocycles. The molecule has 0 bridgehead atoms. The first-order valence-corrected chi connectivity index (χ1v) is 10.2. The molecule has 4 rings (SSSR count). The van der Waals surface area contributed by atoms with E-state index in [0.717, 1.165) is 5.56 Å². The third kappa shape index (κ3) is 4.57. The number of hydrogen-bond acceptors (Lipinski definition) is 5. The molecule has 3 aromatic carbocycles. The summed E-state index contributed by atoms with van der Waals surface area (Å²) in [5, 5.41) is 16.4. The highest BCUT2D eigenvalue weighted by Crippen LogP contribution is 2.34. The Kier molecular flexibility index (Phi) is 5.86. The monoisotopic (exact) mass is 444 g/mol. The number of rotatable bonds is 5. The van der Waals surface area contributed by atoms with Crippen LogP contribution >= 0.6 is 0 Å². The van der Waals surface area contributed by atoms with Crippen molar-refractivity contribution in [2.24, 2.45) is 0 Å². The third-order valence-corrected chi connectivity index (χ3v) is 5.29. The normalized spacial score (nSPS) is 14.8. The number of amides is 3. The van der Waals surface area contributed by atoms with Crippen LogP contribution < -0.4 is 15.5 Å². The first kappa shape index (κ1) is 21.7. The fraction of sp³-hybridized carbons (Fsp3) is 0.125. The van der Waals surface area contributed by atoms with Gasteiger partial charge in [0, 0.05) is 23.4 Å². The fourth-order valence-electron chi connectivity index (χ4n) is 3.61. The number of anilines is 3. The van der Waals surface area contributed by atoms with Crippen molar-refractivity contribution >= 4 is 40.5 Å². The van der Waals surface area contributed by atoms with E-state index in [4.69, 9.17) is 0 Å². The number of nitrogens with one attached hydrogen (secondary N) is 2. The van der Waals surface area contributed by atoms with E-state index in [-0.39, 0.29) is 17.7 Å². The molecule has 3 amide bonds. The van der Waals surface area contributed by atoms with Crippen LogP contribution in [-0.4, -0.2) is 28.7 Å². The molecule has 166 valence electrons. The van der Waals surface area contributed by atoms with Crippen LogP contribution in [0.2, 0.25) is 0 Å². The molecule has 0 aliphatic carbocycles. The summed E-state index contributed by atoms with van der Waals surface area (Å²) in [6.07, 6.45) is -0.271. The SMILES string of the molecule is Cc1ccc(NC(=O)CC2C(=O)Nc3ccccc3N2C(=O)c2ccc([N+](=O)[O-])cc2)cc1. The molecule has 3 aromatic rings. The van der Waals surface area contributed by atoms with Crippen molar-refractivity contribution in [1.82, 2.24) is 0 Å². The molecule has 9 heteroatoms. The second-order valence-corrected chi connectivity index (χ2v) is 7.62. The highest BCUT2D eigenvalue weighted by molar-refractivity contribution is 6.17. The molecule has 2 N–H and O–H groups in total. The molecule has 9 nitrogen and oxygen atoms in total. The summed E-state index contributed by atoms with van der Waals surface area (Å²) in [6.45, 7) is 1.93. The third-order valence-electron chi connectivity index (χ3n) is 5.29. The van der Waals surface area contributed by atoms with Crippen molar-refractivity contribution in [2.45, 2.75) is 19.4 Å². The molecule has 1 atom stereocenters. The Bertz CT molecular complexity index is 1240. The zero-order valence-electron chi connectivity index (χ0n) is 17.6. The second kappa shape index (κ2) is 8.91. The van der Waals surface area contributed by atoms with Crippen molar-refractivity contribution in [3.8, 4) is 0 Å². The number of para-hydroxylation sites is 2. The average molecular weight is 444 g/mol. The van der Waals surface area contributed by atoms with Gasteiger partial charge in [-0.3, -0.25) is 29.4 Å². The Morgan fingerprint density at radius 3 is 2.36 bits per heavy atom. The summed E-state index contributed by atoms with van der Waals surface area (Å²) >= 11 is 0. The van der Waals surface area contributed by atoms with Gasteiger partial charge in [-0.2, -0.15) is 0 Å². The molecular weight excluding hydrogens is 424 g/mol. The number of nitrogens with zero attached hydrogens (tertiary/aromatic N) is 2. The zero-order valence-corrected chi connectivity index (χ0v) is 17.6. The van der Waals surface area contributed by atoms with Crippen LogP contribution in [-0.2, 0) is 9.59 Å². The van der Waals surface area contributed by atoms with E-state index in [2.05, 4.69) is 10.6 Å². The molecule has 0 fully saturated rings. The molecule has 0 spiro atoms. The topological polar surface area (TPSA) is 122 Å². The van der Waals surface area contributed by atoms with E-state index in [9.17, 15) is 24.5 Å². The molecule has 0 saturated heterocycles. The van der Waals surface area contributed by atoms with Crippen molar-refractivity contribution in [1.29, 1.82) is 0 Å². The lowest BCUT2D eigenvalue weighted by molar-refractivity contribution is -0.384. The van der Waals surface area contributed by atoms with Crippen molar-refractivity contribution < 1.29 is 19.3 Å². The molecule has 0 aromatic heterocycles. The Morgan fingerprint density at radius 2 is 1.70 bits per heavy atom. The van der Waals surface area contributed by atoms with Crippen LogP contribution in [0.1, 0.15) is 22.3 Å². The smallest absolute Gasteiger partial charge is 0.269 e. The van der Waals surface area contributed by atoms with Gasteiger partial charge in [-0.1, -0.05) is 29.8 Å². The van der Waals surface area contributed by atoms with Gasteiger partial charge in [0.05, 0.1) is 22.7 Å². The van der Waals surface area contributed by atoms with Gasteiger partial charge in [0.25, 0.3) is 11.6 Å². The number of carbonyl (C=O) groups is 3. The summed E-state index contributed by atoms with van der Waals surface area (Å²) < 4.78 is 0. The number of benzene rings is 3. The minimum absolute atomic E-state index is 0.155. The van der Waals surface area contributed by atoms with Gasteiger partial charge >= 0.3 is 0 Å². The maximum Gasteiger partial charge on any atom is 0.269 e. The highest BCUT2D eigenvalue weighted by atomic mass is 16.6. The summed E-state index contributed by atoms with van der Waals surface area (Å²) in [5.41, 5.74) is 2.50. The van der Waals surface area contributed by atoms with E-state index in [1.165, 1.54) is 29.2 Å². The van der Waals surface area contributed by atoms with E-state index < -0.39 is 28.7 Å². The molecule has 1 unspecified atom stereocenters. The largest absolute Gasteiger partial charge is 0.326 e. The van der Waals surface area contributed by atoms with E-state index in [0.29, 0.717) is 17.1 Å². The van der Waals surface area contributed by atoms with Crippen LogP contribution in [0.5, 0.6) is 0 Å². The number of aryl methyl sites for hydroxylation is 1. The predicted molar refractivity (Wildman–Crippen MR) is 123 cm³/mol. The molecule has 0 radical (unpaired) electrons. The number of fused-ring (bicyclic) bond motifs is 1. The predicted octanol–water partition coefficient (Wildman–Crippen LogP) is 3.90. The van der Waals surface area contributed by atoms with E-state index in [1.54, 1.807) is 36.4 Å². The van der Waals surface area contributed by atoms with Crippen LogP contribution in [0.15, 0.2) is 72.8 Å². The van der Waals surface area contributed by atoms with Gasteiger partial charge in [0.2, 0.25) is 11.8 Å². The van der Waals surface area contributed by atoms with Gasteiger partial charge in [-0.15, -0.1) is 0 Å². The van der Waals surface area contributed by atoms with Crippen molar-refractivity contribution in [2.75, 3.05) is 15.5 Å². The van der Waals surface area contributed by atoms with Crippen molar-refractivity contribution in [3.63, 3.8) is 0 Å². The average Bonchev–Trinajstić information content (AvgIpc) is 2.80. The number of hydrogen-bond donors (Lipinski definition) is 2. The first-order valence-electron chi connectivity index (χ1n) is 10.2. The van der Waals surface area contributed by atoms with Gasteiger partial charge in [-0.25, -0.2) is 0 Å². The standard InChI is InChI=1S/C24H20N4O5/c1-15-6-10-17(11-7-15)25-22(29)14-21-23(30)26-19-4-2-3-5-20(19)27(21)24(31)16-8-12-18(13-9-16)28(32)33/h2-13,21H,14H2,1H3,(H,25,29)(H,26,30). The van der Waals surface area contributed by atoms with Gasteiger partial charge in [0.1, 0.15) is 6.04 Å². The maximum atomic E-state index is 13.4. The summed E-state index contributed by atoms with van der Waals surface area (Å²) in [5.74, 6) is -1.47. The number of carbonyl (C=O) groups excluding carboxylic acids is 3. The van der Waals surface area contributed by atoms with Gasteiger partial charge in [-0.05, 0) is 43.3 Å². The lowest BCUT2D eigenvalue weighted by Crippen LogP contribution is -2.52. The zero-order chi connectivity index (χ0) is 23.5. The molecule has 33 heavy (non-hydrogen) atoms. The van der Waals surface area contributed by atoms with Crippen LogP contribution in [0.25, 0.3) is 0 Å².